The second kappa shape index (κ2) is 7.06. The quantitative estimate of drug-likeness (QED) is 0.861. The molecule has 2 heterocycles. The summed E-state index contributed by atoms with van der Waals surface area (Å²) in [5, 5.41) is 12.5. The number of carbonyl (C=O) groups excluding carboxylic acids is 2. The highest BCUT2D eigenvalue weighted by Crippen LogP contribution is 2.26. The molecule has 0 spiro atoms. The molecular weight excluding hydrogens is 348 g/mol. The zero-order valence-corrected chi connectivity index (χ0v) is 15.7. The van der Waals surface area contributed by atoms with Gasteiger partial charge in [-0.25, -0.2) is 4.79 Å². The van der Waals surface area contributed by atoms with Crippen molar-refractivity contribution in [3.05, 3.63) is 30.0 Å². The zero-order chi connectivity index (χ0) is 19.8. The zero-order valence-electron chi connectivity index (χ0n) is 15.7. The summed E-state index contributed by atoms with van der Waals surface area (Å²) in [5.41, 5.74) is 0.557. The molecule has 1 aromatic heterocycles. The SMILES string of the molecule is CC(C)(C)C(=O)N1CCCC(C(=O)Nc2ccc3oc(C(=O)O)cc3c2)C1. The third kappa shape index (κ3) is 4.13. The second-order valence-electron chi connectivity index (χ2n) is 8.00. The van der Waals surface area contributed by atoms with Crippen LogP contribution >= 0.6 is 0 Å². The van der Waals surface area contributed by atoms with Gasteiger partial charge in [-0.1, -0.05) is 20.8 Å². The minimum Gasteiger partial charge on any atom is -0.475 e. The molecule has 1 atom stereocenters. The van der Waals surface area contributed by atoms with Crippen LogP contribution in [-0.2, 0) is 9.59 Å². The molecule has 0 bridgehead atoms. The lowest BCUT2D eigenvalue weighted by Gasteiger charge is -2.35. The molecule has 3 rings (SSSR count). The number of carbonyl (C=O) groups is 3. The van der Waals surface area contributed by atoms with Crippen molar-refractivity contribution in [3.63, 3.8) is 0 Å². The molecule has 1 aromatic carbocycles. The van der Waals surface area contributed by atoms with E-state index in [0.717, 1.165) is 12.8 Å². The van der Waals surface area contributed by atoms with Gasteiger partial charge in [-0.15, -0.1) is 0 Å². The first-order valence-electron chi connectivity index (χ1n) is 9.02. The highest BCUT2D eigenvalue weighted by molar-refractivity contribution is 5.97. The number of furan rings is 1. The maximum absolute atomic E-state index is 12.7. The summed E-state index contributed by atoms with van der Waals surface area (Å²) in [6.07, 6.45) is 1.53. The summed E-state index contributed by atoms with van der Waals surface area (Å²) < 4.78 is 5.22. The summed E-state index contributed by atoms with van der Waals surface area (Å²) in [6, 6.07) is 6.42. The minimum absolute atomic E-state index is 0.0565. The molecule has 0 radical (unpaired) electrons. The summed E-state index contributed by atoms with van der Waals surface area (Å²) in [5.74, 6) is -1.62. The Balaban J connectivity index is 1.70. The topological polar surface area (TPSA) is 99.9 Å². The van der Waals surface area contributed by atoms with E-state index in [4.69, 9.17) is 9.52 Å². The maximum Gasteiger partial charge on any atom is 0.371 e. The number of carboxylic acid groups (broad SMARTS) is 1. The van der Waals surface area contributed by atoms with Crippen molar-refractivity contribution in [3.8, 4) is 0 Å². The second-order valence-corrected chi connectivity index (χ2v) is 8.00. The molecule has 1 saturated heterocycles. The number of amides is 2. The summed E-state index contributed by atoms with van der Waals surface area (Å²) in [6.45, 7) is 6.73. The molecule has 7 nitrogen and oxygen atoms in total. The molecule has 0 saturated carbocycles. The lowest BCUT2D eigenvalue weighted by molar-refractivity contribution is -0.142. The lowest BCUT2D eigenvalue weighted by atomic mass is 9.91. The van der Waals surface area contributed by atoms with Gasteiger partial charge in [0.05, 0.1) is 5.92 Å². The summed E-state index contributed by atoms with van der Waals surface area (Å²) >= 11 is 0. The largest absolute Gasteiger partial charge is 0.475 e. The van der Waals surface area contributed by atoms with Crippen LogP contribution in [0.3, 0.4) is 0 Å². The molecule has 1 aliphatic rings. The number of hydrogen-bond acceptors (Lipinski definition) is 4. The number of hydrogen-bond donors (Lipinski definition) is 2. The predicted octanol–water partition coefficient (Wildman–Crippen LogP) is 3.35. The van der Waals surface area contributed by atoms with Crippen LogP contribution < -0.4 is 5.32 Å². The lowest BCUT2D eigenvalue weighted by Crippen LogP contribution is -2.47. The number of fused-ring (bicyclic) bond motifs is 1. The fourth-order valence-corrected chi connectivity index (χ4v) is 3.32. The molecule has 0 aliphatic carbocycles. The van der Waals surface area contributed by atoms with Gasteiger partial charge in [-0.2, -0.15) is 0 Å². The van der Waals surface area contributed by atoms with Gasteiger partial charge in [-0.05, 0) is 37.1 Å². The van der Waals surface area contributed by atoms with Crippen LogP contribution in [0.15, 0.2) is 28.7 Å². The number of likely N-dealkylation sites (tertiary alicyclic amines) is 1. The van der Waals surface area contributed by atoms with Crippen molar-refractivity contribution in [2.24, 2.45) is 11.3 Å². The standard InChI is InChI=1S/C20H24N2O5/c1-20(2,3)19(26)22-8-4-5-12(11-22)17(23)21-14-6-7-15-13(9-14)10-16(27-15)18(24)25/h6-7,9-10,12H,4-5,8,11H2,1-3H3,(H,21,23)(H,24,25). The average Bonchev–Trinajstić information content (AvgIpc) is 3.04. The summed E-state index contributed by atoms with van der Waals surface area (Å²) in [4.78, 5) is 37.9. The predicted molar refractivity (Wildman–Crippen MR) is 101 cm³/mol. The molecule has 2 aromatic rings. The maximum atomic E-state index is 12.7. The normalized spacial score (nSPS) is 17.7. The number of carboxylic acids is 1. The third-order valence-corrected chi connectivity index (χ3v) is 4.72. The number of anilines is 1. The highest BCUT2D eigenvalue weighted by atomic mass is 16.4. The van der Waals surface area contributed by atoms with Crippen LogP contribution in [-0.4, -0.2) is 40.9 Å². The Kier molecular flexibility index (Phi) is 4.95. The van der Waals surface area contributed by atoms with Crippen LogP contribution in [0.1, 0.15) is 44.2 Å². The number of nitrogens with one attached hydrogen (secondary N) is 1. The van der Waals surface area contributed by atoms with Crippen molar-refractivity contribution >= 4 is 34.4 Å². The van der Waals surface area contributed by atoms with Crippen LogP contribution in [0.2, 0.25) is 0 Å². The smallest absolute Gasteiger partial charge is 0.371 e. The van der Waals surface area contributed by atoms with E-state index in [2.05, 4.69) is 5.32 Å². The molecule has 144 valence electrons. The fraction of sp³-hybridized carbons (Fsp3) is 0.450. The number of nitrogens with zero attached hydrogens (tertiary/aromatic N) is 1. The number of benzene rings is 1. The minimum atomic E-state index is -1.14. The van der Waals surface area contributed by atoms with E-state index in [9.17, 15) is 14.4 Å². The Morgan fingerprint density at radius 3 is 2.63 bits per heavy atom. The number of aromatic carboxylic acids is 1. The van der Waals surface area contributed by atoms with Crippen molar-refractivity contribution < 1.29 is 23.9 Å². The number of piperidine rings is 1. The Hall–Kier alpha value is -2.83. The van der Waals surface area contributed by atoms with Crippen molar-refractivity contribution in [1.29, 1.82) is 0 Å². The first-order chi connectivity index (χ1) is 12.6. The third-order valence-electron chi connectivity index (χ3n) is 4.72. The van der Waals surface area contributed by atoms with E-state index in [0.29, 0.717) is 29.7 Å². The Morgan fingerprint density at radius 2 is 1.96 bits per heavy atom. The van der Waals surface area contributed by atoms with Gasteiger partial charge in [0.15, 0.2) is 0 Å². The molecule has 7 heteroatoms. The van der Waals surface area contributed by atoms with Gasteiger partial charge in [-0.3, -0.25) is 9.59 Å². The van der Waals surface area contributed by atoms with Crippen molar-refractivity contribution in [2.45, 2.75) is 33.6 Å². The van der Waals surface area contributed by atoms with E-state index in [1.807, 2.05) is 20.8 Å². The molecule has 1 unspecified atom stereocenters. The molecule has 2 N–H and O–H groups in total. The van der Waals surface area contributed by atoms with Gasteiger partial charge >= 0.3 is 5.97 Å². The monoisotopic (exact) mass is 372 g/mol. The van der Waals surface area contributed by atoms with Crippen LogP contribution in [0.25, 0.3) is 11.0 Å². The van der Waals surface area contributed by atoms with Crippen LogP contribution in [0, 0.1) is 11.3 Å². The van der Waals surface area contributed by atoms with Crippen LogP contribution in [0.5, 0.6) is 0 Å². The fourth-order valence-electron chi connectivity index (χ4n) is 3.32. The van der Waals surface area contributed by atoms with E-state index >= 15 is 0 Å². The highest BCUT2D eigenvalue weighted by Gasteiger charge is 2.33. The first kappa shape index (κ1) is 18.9. The first-order valence-corrected chi connectivity index (χ1v) is 9.02. The molecule has 1 fully saturated rings. The molecule has 27 heavy (non-hydrogen) atoms. The van der Waals surface area contributed by atoms with Crippen LogP contribution in [0.4, 0.5) is 5.69 Å². The Morgan fingerprint density at radius 1 is 1.22 bits per heavy atom. The van der Waals surface area contributed by atoms with Gasteiger partial charge < -0.3 is 19.7 Å². The summed E-state index contributed by atoms with van der Waals surface area (Å²) in [7, 11) is 0. The average molecular weight is 372 g/mol. The van der Waals surface area contributed by atoms with E-state index in [1.54, 1.807) is 23.1 Å². The van der Waals surface area contributed by atoms with Gasteiger partial charge in [0.25, 0.3) is 0 Å². The Labute approximate surface area is 157 Å². The van der Waals surface area contributed by atoms with Crippen molar-refractivity contribution in [2.75, 3.05) is 18.4 Å². The number of rotatable bonds is 3. The molecule has 2 amide bonds. The Bertz CT molecular complexity index is 893. The van der Waals surface area contributed by atoms with E-state index in [1.165, 1.54) is 6.07 Å². The van der Waals surface area contributed by atoms with E-state index in [-0.39, 0.29) is 23.5 Å². The van der Waals surface area contributed by atoms with Gasteiger partial charge in [0, 0.05) is 29.6 Å². The van der Waals surface area contributed by atoms with E-state index < -0.39 is 11.4 Å². The molecule has 1 aliphatic heterocycles. The van der Waals surface area contributed by atoms with Gasteiger partial charge in [0.1, 0.15) is 5.58 Å². The van der Waals surface area contributed by atoms with Gasteiger partial charge in [0.2, 0.25) is 17.6 Å². The molecular formula is C20H24N2O5. The van der Waals surface area contributed by atoms with Crippen molar-refractivity contribution in [1.82, 2.24) is 4.90 Å².